The zero-order chi connectivity index (χ0) is 13.5. The number of carbonyl (C=O) groups is 1. The summed E-state index contributed by atoms with van der Waals surface area (Å²) in [5.41, 5.74) is 0. The molecule has 0 bridgehead atoms. The monoisotopic (exact) mass is 309 g/mol. The van der Waals surface area contributed by atoms with Gasteiger partial charge in [-0.3, -0.25) is 0 Å². The Morgan fingerprint density at radius 3 is 2.78 bits per heavy atom. The Balaban J connectivity index is 2.53. The topological polar surface area (TPSA) is 71.7 Å². The molecule has 1 aromatic rings. The molecule has 18 heavy (non-hydrogen) atoms. The fourth-order valence-electron chi connectivity index (χ4n) is 1.16. The maximum atomic E-state index is 10.8. The number of carbonyl (C=O) groups excluding carboxylic acids is 1. The second-order valence-corrected chi connectivity index (χ2v) is 7.08. The molecule has 0 unspecified atom stereocenters. The highest BCUT2D eigenvalue weighted by Gasteiger charge is 2.16. The Morgan fingerprint density at radius 1 is 1.44 bits per heavy atom. The smallest absolute Gasteiger partial charge is 0.330 e. The van der Waals surface area contributed by atoms with E-state index in [-0.39, 0.29) is 11.8 Å². The highest BCUT2D eigenvalue weighted by Crippen LogP contribution is 2.35. The zero-order valence-corrected chi connectivity index (χ0v) is 12.5. The zero-order valence-electron chi connectivity index (χ0n) is 10.1. The number of rotatable bonds is 7. The molecule has 1 rings (SSSR count). The molecule has 0 fully saturated rings. The van der Waals surface area contributed by atoms with Gasteiger partial charge in [0.25, 0.3) is 0 Å². The van der Waals surface area contributed by atoms with Gasteiger partial charge in [-0.15, -0.1) is 16.5 Å². The summed E-state index contributed by atoms with van der Waals surface area (Å²) < 4.78 is 0.724. The van der Waals surface area contributed by atoms with E-state index in [0.717, 1.165) is 22.7 Å². The summed E-state index contributed by atoms with van der Waals surface area (Å²) in [6.07, 6.45) is 3.02. The first-order valence-electron chi connectivity index (χ1n) is 5.17. The summed E-state index contributed by atoms with van der Waals surface area (Å²) in [7, 11) is 3.50. The third-order valence-electron chi connectivity index (χ3n) is 1.85. The van der Waals surface area contributed by atoms with Crippen molar-refractivity contribution in [2.45, 2.75) is 18.2 Å². The molecule has 0 saturated carbocycles. The van der Waals surface area contributed by atoms with Crippen molar-refractivity contribution in [3.05, 3.63) is 6.07 Å². The molecular formula is C10H15NO4S3. The van der Waals surface area contributed by atoms with Gasteiger partial charge in [-0.05, 0) is 18.4 Å². The Labute approximate surface area is 118 Å². The van der Waals surface area contributed by atoms with E-state index in [9.17, 15) is 15.0 Å². The summed E-state index contributed by atoms with van der Waals surface area (Å²) in [4.78, 5) is 15.9. The van der Waals surface area contributed by atoms with Gasteiger partial charge < -0.3 is 15.1 Å². The van der Waals surface area contributed by atoms with E-state index in [1.165, 1.54) is 24.8 Å². The van der Waals surface area contributed by atoms with E-state index in [4.69, 9.17) is 0 Å². The summed E-state index contributed by atoms with van der Waals surface area (Å²) in [6.45, 7) is 1.20. The first-order chi connectivity index (χ1) is 8.56. The van der Waals surface area contributed by atoms with Crippen LogP contribution in [-0.2, 0) is 4.79 Å². The van der Waals surface area contributed by atoms with Crippen LogP contribution in [0.3, 0.4) is 0 Å². The van der Waals surface area contributed by atoms with E-state index in [1.807, 2.05) is 6.26 Å². The summed E-state index contributed by atoms with van der Waals surface area (Å²) >= 11 is 1.41. The number of aromatic hydroxyl groups is 2. The Bertz CT molecular complexity index is 408. The fourth-order valence-corrected chi connectivity index (χ4v) is 3.53. The van der Waals surface area contributed by atoms with Crippen molar-refractivity contribution in [1.82, 2.24) is 4.73 Å². The van der Waals surface area contributed by atoms with Gasteiger partial charge in [0.1, 0.15) is 0 Å². The first-order valence-corrected chi connectivity index (χ1v) is 8.88. The predicted molar refractivity (Wildman–Crippen MR) is 76.3 cm³/mol. The molecule has 0 radical (unpaired) electrons. The number of hydrogen-bond donors (Lipinski definition) is 2. The SMILES string of the molecule is CSSCCCSc1cc(O)n(OC(C)=O)c1O. The maximum absolute atomic E-state index is 10.8. The van der Waals surface area contributed by atoms with Crippen LogP contribution in [0.25, 0.3) is 0 Å². The molecule has 1 heterocycles. The van der Waals surface area contributed by atoms with Crippen LogP contribution >= 0.6 is 33.3 Å². The quantitative estimate of drug-likeness (QED) is 0.455. The fraction of sp³-hybridized carbons (Fsp3) is 0.500. The lowest BCUT2D eigenvalue weighted by Gasteiger charge is -2.04. The number of hydrogen-bond acceptors (Lipinski definition) is 7. The van der Waals surface area contributed by atoms with Crippen molar-refractivity contribution in [2.75, 3.05) is 17.8 Å². The second kappa shape index (κ2) is 7.75. The number of nitrogens with zero attached hydrogens (tertiary/aromatic N) is 1. The van der Waals surface area contributed by atoms with Gasteiger partial charge in [0.2, 0.25) is 11.8 Å². The van der Waals surface area contributed by atoms with Gasteiger partial charge >= 0.3 is 5.97 Å². The van der Waals surface area contributed by atoms with E-state index in [2.05, 4.69) is 4.84 Å². The highest BCUT2D eigenvalue weighted by atomic mass is 33.1. The van der Waals surface area contributed by atoms with Crippen LogP contribution in [0.5, 0.6) is 11.8 Å². The van der Waals surface area contributed by atoms with Crippen molar-refractivity contribution in [2.24, 2.45) is 0 Å². The normalized spacial score (nSPS) is 10.6. The van der Waals surface area contributed by atoms with Crippen molar-refractivity contribution in [3.8, 4) is 11.8 Å². The minimum atomic E-state index is -0.607. The van der Waals surface area contributed by atoms with Crippen molar-refractivity contribution in [3.63, 3.8) is 0 Å². The molecule has 0 aliphatic heterocycles. The van der Waals surface area contributed by atoms with Crippen LogP contribution in [0.1, 0.15) is 13.3 Å². The second-order valence-electron chi connectivity index (χ2n) is 3.26. The summed E-state index contributed by atoms with van der Waals surface area (Å²) in [5.74, 6) is 0.717. The molecule has 102 valence electrons. The van der Waals surface area contributed by atoms with Crippen LogP contribution in [0.4, 0.5) is 0 Å². The molecule has 1 aromatic heterocycles. The Kier molecular flexibility index (Phi) is 6.66. The molecular weight excluding hydrogens is 294 g/mol. The summed E-state index contributed by atoms with van der Waals surface area (Å²) in [6, 6.07) is 1.38. The standard InChI is InChI=1S/C10H15NO4S3/c1-7(12)15-11-9(13)6-8(10(11)14)17-4-3-5-18-16-2/h6,13-14H,3-5H2,1-2H3. The minimum absolute atomic E-state index is 0.245. The van der Waals surface area contributed by atoms with E-state index in [0.29, 0.717) is 4.90 Å². The molecule has 0 atom stereocenters. The minimum Gasteiger partial charge on any atom is -0.492 e. The molecule has 2 N–H and O–H groups in total. The molecule has 8 heteroatoms. The van der Waals surface area contributed by atoms with Gasteiger partial charge in [-0.2, -0.15) is 0 Å². The maximum Gasteiger partial charge on any atom is 0.330 e. The van der Waals surface area contributed by atoms with Gasteiger partial charge in [0, 0.05) is 18.7 Å². The lowest BCUT2D eigenvalue weighted by Crippen LogP contribution is -2.15. The van der Waals surface area contributed by atoms with Crippen LogP contribution in [0.2, 0.25) is 0 Å². The van der Waals surface area contributed by atoms with Gasteiger partial charge in [-0.25, -0.2) is 4.79 Å². The van der Waals surface area contributed by atoms with Crippen LogP contribution in [-0.4, -0.2) is 38.7 Å². The molecule has 0 amide bonds. The molecule has 0 spiro atoms. The number of thioether (sulfide) groups is 1. The third kappa shape index (κ3) is 4.58. The average molecular weight is 309 g/mol. The number of aromatic nitrogens is 1. The van der Waals surface area contributed by atoms with Crippen molar-refractivity contribution >= 4 is 39.3 Å². The van der Waals surface area contributed by atoms with Crippen molar-refractivity contribution in [1.29, 1.82) is 0 Å². The van der Waals surface area contributed by atoms with Crippen LogP contribution in [0.15, 0.2) is 11.0 Å². The third-order valence-corrected chi connectivity index (χ3v) is 4.85. The van der Waals surface area contributed by atoms with Gasteiger partial charge in [0.05, 0.1) is 4.90 Å². The molecule has 0 aliphatic carbocycles. The van der Waals surface area contributed by atoms with E-state index < -0.39 is 5.97 Å². The van der Waals surface area contributed by atoms with Crippen molar-refractivity contribution < 1.29 is 19.8 Å². The molecule has 0 saturated heterocycles. The lowest BCUT2D eigenvalue weighted by atomic mass is 10.6. The van der Waals surface area contributed by atoms with Gasteiger partial charge in [0.15, 0.2) is 0 Å². The van der Waals surface area contributed by atoms with E-state index >= 15 is 0 Å². The van der Waals surface area contributed by atoms with E-state index in [1.54, 1.807) is 21.6 Å². The average Bonchev–Trinajstić information content (AvgIpc) is 2.56. The highest BCUT2D eigenvalue weighted by molar-refractivity contribution is 8.76. The predicted octanol–water partition coefficient (Wildman–Crippen LogP) is 2.37. The molecule has 5 nitrogen and oxygen atoms in total. The Morgan fingerprint density at radius 2 is 2.17 bits per heavy atom. The Hall–Kier alpha value is -0.600. The van der Waals surface area contributed by atoms with Crippen LogP contribution in [0, 0.1) is 0 Å². The first kappa shape index (κ1) is 15.5. The lowest BCUT2D eigenvalue weighted by molar-refractivity contribution is -0.142. The van der Waals surface area contributed by atoms with Gasteiger partial charge in [-0.1, -0.05) is 21.6 Å². The van der Waals surface area contributed by atoms with Crippen LogP contribution < -0.4 is 4.84 Å². The largest absolute Gasteiger partial charge is 0.492 e. The molecule has 0 aliphatic rings. The molecule has 0 aromatic carbocycles. The summed E-state index contributed by atoms with van der Waals surface area (Å²) in [5, 5.41) is 19.3.